The highest BCUT2D eigenvalue weighted by Crippen LogP contribution is 2.18. The van der Waals surface area contributed by atoms with Crippen LogP contribution < -0.4 is 15.5 Å². The molecule has 26 heavy (non-hydrogen) atoms. The second-order valence-corrected chi connectivity index (χ2v) is 5.80. The van der Waals surface area contributed by atoms with Gasteiger partial charge in [0.25, 0.3) is 0 Å². The third kappa shape index (κ3) is 2.53. The Morgan fingerprint density at radius 1 is 0.885 bits per heavy atom. The van der Waals surface area contributed by atoms with Crippen LogP contribution in [0.1, 0.15) is 36.6 Å². The molecular weight excluding hydrogens is 340 g/mol. The molecule has 0 atom stereocenters. The first-order chi connectivity index (χ1) is 12.4. The van der Waals surface area contributed by atoms with Gasteiger partial charge in [0.2, 0.25) is 12.2 Å². The number of benzene rings is 2. The van der Waals surface area contributed by atoms with E-state index in [1.807, 2.05) is 0 Å². The van der Waals surface area contributed by atoms with Crippen molar-refractivity contribution in [2.75, 3.05) is 0 Å². The number of cyclic esters (lactones) is 1. The fourth-order valence-corrected chi connectivity index (χ4v) is 2.84. The molecule has 0 amide bonds. The molecule has 128 valence electrons. The van der Waals surface area contributed by atoms with Crippen LogP contribution in [0, 0.1) is 5.53 Å². The molecule has 8 nitrogen and oxygen atoms in total. The van der Waals surface area contributed by atoms with Gasteiger partial charge in [-0.15, -0.1) is 0 Å². The standard InChI is InChI=1S/C18H10N2O6/c19-20-7-9-1-3-11-13(5-9)17(23)26-18(24)14-6-10(8-20)2-4-12(14)16(22)25-15(11)21/h1-7H,8H2,(H-,19,21). The maximum atomic E-state index is 12.4. The van der Waals surface area contributed by atoms with Crippen molar-refractivity contribution in [1.82, 2.24) is 0 Å². The predicted octanol–water partition coefficient (Wildman–Crippen LogP) is -0.425. The molecule has 0 spiro atoms. The Morgan fingerprint density at radius 3 is 2.42 bits per heavy atom. The fraction of sp³-hybridized carbons (Fsp3) is 0.0556. The molecule has 0 saturated carbocycles. The van der Waals surface area contributed by atoms with Gasteiger partial charge in [-0.3, -0.25) is 4.79 Å². The number of hydrogen-bond acceptors (Lipinski definition) is 7. The molecule has 2 aliphatic rings. The van der Waals surface area contributed by atoms with Crippen LogP contribution in [0.2, 0.25) is 0 Å². The highest BCUT2D eigenvalue weighted by Gasteiger charge is 2.25. The zero-order valence-corrected chi connectivity index (χ0v) is 13.1. The van der Waals surface area contributed by atoms with Crippen LogP contribution >= 0.6 is 0 Å². The molecule has 0 saturated heterocycles. The summed E-state index contributed by atoms with van der Waals surface area (Å²) in [5, 5.41) is 12.6. The highest BCUT2D eigenvalue weighted by molar-refractivity contribution is 6.09. The Balaban J connectivity index is 2.15. The lowest BCUT2D eigenvalue weighted by Gasteiger charge is -2.19. The van der Waals surface area contributed by atoms with E-state index < -0.39 is 23.9 Å². The van der Waals surface area contributed by atoms with E-state index in [0.717, 1.165) is 4.70 Å². The number of nitrogens with zero attached hydrogens (tertiary/aromatic N) is 1. The van der Waals surface area contributed by atoms with Crippen LogP contribution in [-0.4, -0.2) is 22.6 Å². The summed E-state index contributed by atoms with van der Waals surface area (Å²) in [6.45, 7) is 0.125. The van der Waals surface area contributed by atoms with Crippen molar-refractivity contribution in [2.24, 2.45) is 0 Å². The zero-order valence-electron chi connectivity index (χ0n) is 13.1. The van der Waals surface area contributed by atoms with E-state index in [-0.39, 0.29) is 28.5 Å². The van der Waals surface area contributed by atoms with Crippen molar-refractivity contribution >= 4 is 30.1 Å². The highest BCUT2D eigenvalue weighted by atomic mass is 16.6. The minimum Gasteiger partial charge on any atom is -0.549 e. The summed E-state index contributed by atoms with van der Waals surface area (Å²) < 4.78 is 10.8. The first-order valence-corrected chi connectivity index (χ1v) is 7.55. The van der Waals surface area contributed by atoms with Gasteiger partial charge in [0.15, 0.2) is 6.54 Å². The number of ether oxygens (including phenoxy) is 2. The molecule has 2 aromatic rings. The summed E-state index contributed by atoms with van der Waals surface area (Å²) in [4.78, 5) is 37.2. The Kier molecular flexibility index (Phi) is 3.40. The third-order valence-corrected chi connectivity index (χ3v) is 4.04. The van der Waals surface area contributed by atoms with Gasteiger partial charge >= 0.3 is 11.9 Å². The van der Waals surface area contributed by atoms with Crippen molar-refractivity contribution in [3.63, 3.8) is 0 Å². The lowest BCUT2D eigenvalue weighted by atomic mass is 10.0. The van der Waals surface area contributed by atoms with E-state index in [9.17, 15) is 19.5 Å². The number of nitrogens with one attached hydrogen (secondary N) is 1. The molecule has 4 bridgehead atoms. The average molecular weight is 350 g/mol. The second-order valence-electron chi connectivity index (χ2n) is 5.80. The van der Waals surface area contributed by atoms with E-state index >= 15 is 0 Å². The van der Waals surface area contributed by atoms with Crippen LogP contribution in [0.3, 0.4) is 0 Å². The minimum absolute atomic E-state index is 0.125. The Hall–Kier alpha value is -3.81. The molecule has 4 rings (SSSR count). The Bertz CT molecular complexity index is 1150. The molecule has 2 aromatic carbocycles. The summed E-state index contributed by atoms with van der Waals surface area (Å²) in [5.74, 6) is -4.13. The maximum absolute atomic E-state index is 12.4. The number of carbonyl (C=O) groups excluding carboxylic acids is 3. The van der Waals surface area contributed by atoms with E-state index in [1.54, 1.807) is 0 Å². The van der Waals surface area contributed by atoms with Gasteiger partial charge in [0.05, 0.1) is 17.1 Å². The quantitative estimate of drug-likeness (QED) is 0.391. The number of carbonyl (C=O) groups is 3. The molecule has 0 radical (unpaired) electrons. The van der Waals surface area contributed by atoms with Crippen molar-refractivity contribution in [3.8, 4) is 0 Å². The van der Waals surface area contributed by atoms with Crippen LogP contribution in [-0.2, 0) is 16.0 Å². The molecule has 0 aromatic heterocycles. The van der Waals surface area contributed by atoms with E-state index in [1.165, 1.54) is 42.6 Å². The Morgan fingerprint density at radius 2 is 1.62 bits per heavy atom. The van der Waals surface area contributed by atoms with Crippen LogP contribution in [0.4, 0.5) is 0 Å². The monoisotopic (exact) mass is 350 g/mol. The lowest BCUT2D eigenvalue weighted by molar-refractivity contribution is -0.534. The van der Waals surface area contributed by atoms with Crippen molar-refractivity contribution in [2.45, 2.75) is 6.54 Å². The zero-order chi connectivity index (χ0) is 18.4. The summed E-state index contributed by atoms with van der Waals surface area (Å²) in [7, 11) is 0. The summed E-state index contributed by atoms with van der Waals surface area (Å²) in [6, 6.07) is 8.25. The first-order valence-electron chi connectivity index (χ1n) is 7.55. The van der Waals surface area contributed by atoms with E-state index in [2.05, 4.69) is 0 Å². The van der Waals surface area contributed by atoms with Gasteiger partial charge in [-0.2, -0.15) is 0 Å². The third-order valence-electron chi connectivity index (χ3n) is 4.04. The van der Waals surface area contributed by atoms with Gasteiger partial charge in [0, 0.05) is 21.6 Å². The number of hydrogen-bond donors (Lipinski definition) is 1. The molecule has 2 aliphatic heterocycles. The number of rotatable bonds is 0. The average Bonchev–Trinajstić information content (AvgIpc) is 2.59. The van der Waals surface area contributed by atoms with Crippen LogP contribution in [0.5, 0.6) is 0 Å². The molecule has 1 N–H and O–H groups in total. The minimum atomic E-state index is -1.04. The normalized spacial score (nSPS) is 16.1. The van der Waals surface area contributed by atoms with Crippen molar-refractivity contribution in [1.29, 1.82) is 5.53 Å². The molecule has 0 unspecified atom stereocenters. The number of fused-ring (bicyclic) bond motifs is 4. The SMILES string of the molecule is N=[N+]1C=c2ccc3c(c2)C(=O)OC(=O)c2cc(ccc2C(=O)OC=3[O-])C1. The van der Waals surface area contributed by atoms with Crippen LogP contribution in [0.25, 0.3) is 12.1 Å². The van der Waals surface area contributed by atoms with E-state index in [0.29, 0.717) is 10.8 Å². The van der Waals surface area contributed by atoms with Crippen LogP contribution in [0.15, 0.2) is 36.4 Å². The van der Waals surface area contributed by atoms with Gasteiger partial charge in [-0.05, 0) is 24.3 Å². The number of esters is 3. The fourth-order valence-electron chi connectivity index (χ4n) is 2.84. The Labute approximate surface area is 145 Å². The summed E-state index contributed by atoms with van der Waals surface area (Å²) in [5.41, 5.74) is 7.94. The molecule has 8 heteroatoms. The first kappa shape index (κ1) is 15.7. The molecule has 0 fully saturated rings. The van der Waals surface area contributed by atoms with Crippen molar-refractivity contribution < 1.29 is 33.7 Å². The predicted molar refractivity (Wildman–Crippen MR) is 81.9 cm³/mol. The topological polar surface area (TPSA) is 120 Å². The lowest BCUT2D eigenvalue weighted by Crippen LogP contribution is -2.32. The summed E-state index contributed by atoms with van der Waals surface area (Å²) in [6.07, 6.45) is 1.46. The maximum Gasteiger partial charge on any atom is 0.346 e. The van der Waals surface area contributed by atoms with Crippen molar-refractivity contribution in [3.05, 3.63) is 69.1 Å². The largest absolute Gasteiger partial charge is 0.549 e. The van der Waals surface area contributed by atoms with Gasteiger partial charge < -0.3 is 14.6 Å². The van der Waals surface area contributed by atoms with Gasteiger partial charge in [-0.25, -0.2) is 9.59 Å². The molecule has 0 aliphatic carbocycles. The summed E-state index contributed by atoms with van der Waals surface area (Å²) >= 11 is 0. The smallest absolute Gasteiger partial charge is 0.346 e. The molecule has 2 heterocycles. The van der Waals surface area contributed by atoms with Gasteiger partial charge in [0.1, 0.15) is 0 Å². The van der Waals surface area contributed by atoms with E-state index in [4.69, 9.17) is 15.0 Å². The van der Waals surface area contributed by atoms with Gasteiger partial charge in [-0.1, -0.05) is 22.4 Å². The second kappa shape index (κ2) is 5.62. The molecular formula is C18H10N2O6.